The molecule has 1 N–H and O–H groups in total. The molecule has 1 unspecified atom stereocenters. The Bertz CT molecular complexity index is 364. The second kappa shape index (κ2) is 3.64. The molecular weight excluding hydrogens is 184 g/mol. The maximum Gasteiger partial charge on any atom is 0.0520 e. The number of aryl methyl sites for hydroxylation is 2. The van der Waals surface area contributed by atoms with Crippen LogP contribution in [0.1, 0.15) is 43.9 Å². The lowest BCUT2D eigenvalue weighted by molar-refractivity contribution is 0.157. The Morgan fingerprint density at radius 3 is 2.40 bits per heavy atom. The van der Waals surface area contributed by atoms with Crippen LogP contribution >= 0.6 is 0 Å². The van der Waals surface area contributed by atoms with Crippen LogP contribution in [0.25, 0.3) is 0 Å². The summed E-state index contributed by atoms with van der Waals surface area (Å²) in [4.78, 5) is 0. The van der Waals surface area contributed by atoms with Crippen molar-refractivity contribution < 1.29 is 5.11 Å². The summed E-state index contributed by atoms with van der Waals surface area (Å²) in [6.45, 7) is 6.28. The maximum atomic E-state index is 9.49. The normalized spacial score (nSPS) is 16.8. The lowest BCUT2D eigenvalue weighted by Gasteiger charge is -2.29. The highest BCUT2D eigenvalue weighted by Gasteiger charge is 2.24. The fourth-order valence-electron chi connectivity index (χ4n) is 2.47. The van der Waals surface area contributed by atoms with Crippen LogP contribution < -0.4 is 0 Å². The lowest BCUT2D eigenvalue weighted by Crippen LogP contribution is -2.24. The Labute approximate surface area is 92.1 Å². The number of hydrogen-bond donors (Lipinski definition) is 1. The van der Waals surface area contributed by atoms with Crippen LogP contribution in [0, 0.1) is 0 Å². The number of aliphatic hydroxyl groups excluding tert-OH is 1. The van der Waals surface area contributed by atoms with Gasteiger partial charge < -0.3 is 5.11 Å². The SMILES string of the molecule is CC(O)CC(C)(C)c1ccc2c(c1)CC2. The largest absolute Gasteiger partial charge is 0.393 e. The maximum absolute atomic E-state index is 9.49. The first kappa shape index (κ1) is 10.7. The summed E-state index contributed by atoms with van der Waals surface area (Å²) in [5.41, 5.74) is 4.46. The predicted octanol–water partition coefficient (Wildman–Crippen LogP) is 2.83. The van der Waals surface area contributed by atoms with E-state index in [-0.39, 0.29) is 11.5 Å². The topological polar surface area (TPSA) is 20.2 Å². The van der Waals surface area contributed by atoms with E-state index >= 15 is 0 Å². The Morgan fingerprint density at radius 1 is 1.27 bits per heavy atom. The summed E-state index contributed by atoms with van der Waals surface area (Å²) >= 11 is 0. The number of hydrogen-bond acceptors (Lipinski definition) is 1. The molecule has 2 rings (SSSR count). The van der Waals surface area contributed by atoms with Gasteiger partial charge in [-0.25, -0.2) is 0 Å². The van der Waals surface area contributed by atoms with E-state index in [1.165, 1.54) is 29.5 Å². The van der Waals surface area contributed by atoms with Crippen LogP contribution in [0.5, 0.6) is 0 Å². The fourth-order valence-corrected chi connectivity index (χ4v) is 2.47. The zero-order valence-electron chi connectivity index (χ0n) is 9.88. The molecule has 0 aromatic heterocycles. The first-order chi connectivity index (χ1) is 6.99. The highest BCUT2D eigenvalue weighted by atomic mass is 16.3. The lowest BCUT2D eigenvalue weighted by atomic mass is 9.76. The van der Waals surface area contributed by atoms with Crippen molar-refractivity contribution >= 4 is 0 Å². The Hall–Kier alpha value is -0.820. The molecule has 1 aliphatic rings. The van der Waals surface area contributed by atoms with Crippen molar-refractivity contribution in [1.29, 1.82) is 0 Å². The number of fused-ring (bicyclic) bond motifs is 1. The minimum Gasteiger partial charge on any atom is -0.393 e. The summed E-state index contributed by atoms with van der Waals surface area (Å²) in [5.74, 6) is 0. The molecule has 1 nitrogen and oxygen atoms in total. The fraction of sp³-hybridized carbons (Fsp3) is 0.571. The second-order valence-corrected chi connectivity index (χ2v) is 5.42. The Balaban J connectivity index is 2.24. The van der Waals surface area contributed by atoms with Gasteiger partial charge in [0.25, 0.3) is 0 Å². The molecule has 0 fully saturated rings. The highest BCUT2D eigenvalue weighted by molar-refractivity contribution is 5.41. The molecule has 0 saturated heterocycles. The van der Waals surface area contributed by atoms with E-state index < -0.39 is 0 Å². The third-order valence-corrected chi connectivity index (χ3v) is 3.46. The van der Waals surface area contributed by atoms with Crippen molar-refractivity contribution in [3.05, 3.63) is 34.9 Å². The summed E-state index contributed by atoms with van der Waals surface area (Å²) in [5, 5.41) is 9.49. The van der Waals surface area contributed by atoms with Gasteiger partial charge in [0.2, 0.25) is 0 Å². The van der Waals surface area contributed by atoms with Gasteiger partial charge >= 0.3 is 0 Å². The van der Waals surface area contributed by atoms with Gasteiger partial charge in [-0.15, -0.1) is 0 Å². The molecule has 1 aliphatic carbocycles. The molecule has 1 aromatic carbocycles. The van der Waals surface area contributed by atoms with Gasteiger partial charge in [0.1, 0.15) is 0 Å². The molecule has 1 heteroatoms. The van der Waals surface area contributed by atoms with E-state index in [1.807, 2.05) is 6.92 Å². The summed E-state index contributed by atoms with van der Waals surface area (Å²) < 4.78 is 0. The van der Waals surface area contributed by atoms with E-state index in [4.69, 9.17) is 0 Å². The Morgan fingerprint density at radius 2 is 1.93 bits per heavy atom. The molecule has 0 spiro atoms. The van der Waals surface area contributed by atoms with Crippen molar-refractivity contribution in [1.82, 2.24) is 0 Å². The van der Waals surface area contributed by atoms with Crippen molar-refractivity contribution in [3.63, 3.8) is 0 Å². The summed E-state index contributed by atoms with van der Waals surface area (Å²) in [6, 6.07) is 6.79. The van der Waals surface area contributed by atoms with E-state index in [9.17, 15) is 5.11 Å². The van der Waals surface area contributed by atoms with E-state index in [0.29, 0.717) is 0 Å². The molecular formula is C14H20O. The van der Waals surface area contributed by atoms with Gasteiger partial charge in [-0.2, -0.15) is 0 Å². The second-order valence-electron chi connectivity index (χ2n) is 5.42. The molecule has 0 heterocycles. The van der Waals surface area contributed by atoms with Crippen LogP contribution in [0.3, 0.4) is 0 Å². The zero-order valence-corrected chi connectivity index (χ0v) is 9.88. The number of aliphatic hydroxyl groups is 1. The molecule has 0 aliphatic heterocycles. The molecule has 15 heavy (non-hydrogen) atoms. The molecule has 0 radical (unpaired) electrons. The molecule has 82 valence electrons. The van der Waals surface area contributed by atoms with Gasteiger partial charge in [0, 0.05) is 0 Å². The first-order valence-corrected chi connectivity index (χ1v) is 5.79. The van der Waals surface area contributed by atoms with Crippen LogP contribution in [-0.2, 0) is 18.3 Å². The molecule has 0 bridgehead atoms. The molecule has 0 saturated carbocycles. The average Bonchev–Trinajstić information content (AvgIpc) is 2.04. The minimum atomic E-state index is -0.230. The van der Waals surface area contributed by atoms with Gasteiger partial charge in [-0.3, -0.25) is 0 Å². The molecule has 1 atom stereocenters. The van der Waals surface area contributed by atoms with Crippen molar-refractivity contribution in [3.8, 4) is 0 Å². The van der Waals surface area contributed by atoms with Crippen LogP contribution in [0.15, 0.2) is 18.2 Å². The highest BCUT2D eigenvalue weighted by Crippen LogP contribution is 2.32. The third-order valence-electron chi connectivity index (χ3n) is 3.46. The van der Waals surface area contributed by atoms with E-state index in [2.05, 4.69) is 32.0 Å². The van der Waals surface area contributed by atoms with Crippen molar-refractivity contribution in [2.24, 2.45) is 0 Å². The van der Waals surface area contributed by atoms with Crippen LogP contribution in [-0.4, -0.2) is 11.2 Å². The molecule has 0 amide bonds. The summed E-state index contributed by atoms with van der Waals surface area (Å²) in [7, 11) is 0. The quantitative estimate of drug-likeness (QED) is 0.802. The van der Waals surface area contributed by atoms with Crippen LogP contribution in [0.2, 0.25) is 0 Å². The third kappa shape index (κ3) is 2.07. The number of benzene rings is 1. The van der Waals surface area contributed by atoms with Gasteiger partial charge in [0.05, 0.1) is 6.10 Å². The predicted molar refractivity (Wildman–Crippen MR) is 63.2 cm³/mol. The average molecular weight is 204 g/mol. The van der Waals surface area contributed by atoms with Crippen molar-refractivity contribution in [2.75, 3.05) is 0 Å². The van der Waals surface area contributed by atoms with Crippen LogP contribution in [0.4, 0.5) is 0 Å². The Kier molecular flexibility index (Phi) is 2.59. The smallest absolute Gasteiger partial charge is 0.0520 e. The monoisotopic (exact) mass is 204 g/mol. The summed E-state index contributed by atoms with van der Waals surface area (Å²) in [6.07, 6.45) is 3.07. The standard InChI is InChI=1S/C14H20O/c1-10(15)9-14(2,3)13-7-6-11-4-5-12(11)8-13/h6-8,10,15H,4-5,9H2,1-3H3. The first-order valence-electron chi connectivity index (χ1n) is 5.79. The van der Waals surface area contributed by atoms with E-state index in [0.717, 1.165) is 6.42 Å². The van der Waals surface area contributed by atoms with E-state index in [1.54, 1.807) is 0 Å². The molecule has 1 aromatic rings. The van der Waals surface area contributed by atoms with Gasteiger partial charge in [0.15, 0.2) is 0 Å². The minimum absolute atomic E-state index is 0.0821. The number of rotatable bonds is 3. The zero-order chi connectivity index (χ0) is 11.1. The van der Waals surface area contributed by atoms with Crippen molar-refractivity contribution in [2.45, 2.75) is 51.6 Å². The van der Waals surface area contributed by atoms with Gasteiger partial charge in [-0.1, -0.05) is 32.0 Å². The van der Waals surface area contributed by atoms with Gasteiger partial charge in [-0.05, 0) is 48.3 Å².